The van der Waals surface area contributed by atoms with Gasteiger partial charge in [0.15, 0.2) is 9.84 Å². The molecule has 2 radical (unpaired) electrons. The number of nitrogens with zero attached hydrogens (tertiary/aromatic N) is 2. The van der Waals surface area contributed by atoms with Crippen LogP contribution in [0.15, 0.2) is 71.6 Å². The summed E-state index contributed by atoms with van der Waals surface area (Å²) in [7, 11) is 4.15. The van der Waals surface area contributed by atoms with Crippen molar-refractivity contribution in [2.24, 2.45) is 5.41 Å². The van der Waals surface area contributed by atoms with Crippen LogP contribution in [-0.2, 0) is 27.6 Å². The minimum atomic E-state index is -3.55. The number of quaternary nitrogens is 1. The molecule has 42 heavy (non-hydrogen) atoms. The fourth-order valence-electron chi connectivity index (χ4n) is 7.15. The Morgan fingerprint density at radius 3 is 2.21 bits per heavy atom. The minimum absolute atomic E-state index is 0.0527. The number of anilines is 1. The van der Waals surface area contributed by atoms with Crippen molar-refractivity contribution in [2.75, 3.05) is 57.4 Å². The molecule has 0 aliphatic carbocycles. The Morgan fingerprint density at radius 1 is 0.952 bits per heavy atom. The van der Waals surface area contributed by atoms with Crippen molar-refractivity contribution >= 4 is 23.6 Å². The van der Waals surface area contributed by atoms with E-state index in [-0.39, 0.29) is 11.7 Å². The van der Waals surface area contributed by atoms with Gasteiger partial charge in [-0.25, -0.2) is 8.42 Å². The molecule has 3 aromatic rings. The number of benzene rings is 3. The maximum absolute atomic E-state index is 13.4. The molecule has 0 saturated carbocycles. The molecule has 0 amide bonds. The van der Waals surface area contributed by atoms with Gasteiger partial charge in [0.2, 0.25) is 0 Å². The summed E-state index contributed by atoms with van der Waals surface area (Å²) < 4.78 is 39.8. The van der Waals surface area contributed by atoms with E-state index in [9.17, 15) is 8.42 Å². The first-order chi connectivity index (χ1) is 20.1. The van der Waals surface area contributed by atoms with E-state index in [1.807, 2.05) is 51.2 Å². The number of piperazine rings is 3. The predicted molar refractivity (Wildman–Crippen MR) is 167 cm³/mol. The Morgan fingerprint density at radius 2 is 1.60 bits per heavy atom. The molecule has 3 saturated heterocycles. The normalized spacial score (nSPS) is 27.5. The first kappa shape index (κ1) is 29.2. The maximum Gasteiger partial charge on any atom is 0.283 e. The molecule has 3 fully saturated rings. The lowest BCUT2D eigenvalue weighted by Gasteiger charge is -2.50. The van der Waals surface area contributed by atoms with Gasteiger partial charge >= 0.3 is 0 Å². The minimum Gasteiger partial charge on any atom is -0.489 e. The van der Waals surface area contributed by atoms with E-state index in [2.05, 4.69) is 34.5 Å². The summed E-state index contributed by atoms with van der Waals surface area (Å²) in [5.41, 5.74) is 4.25. The number of ether oxygens (including phenoxy) is 1. The molecule has 4 aliphatic rings. The summed E-state index contributed by atoms with van der Waals surface area (Å²) in [6, 6.07) is 22.1. The first-order valence-electron chi connectivity index (χ1n) is 14.9. The summed E-state index contributed by atoms with van der Waals surface area (Å²) in [6.07, 6.45) is -0.551. The molecule has 7 nitrogen and oxygen atoms in total. The highest BCUT2D eigenvalue weighted by atomic mass is 32.2. The SMILES string of the molecule is [B]O[C@@H]1[C@H](c2ccc(OCc3ccc(C[N+]45CCN(CC4)CC5)cc3)cc2)c2cc(NC)ccc2S(=O)(=O)CC1(C)C. The maximum atomic E-state index is 13.4. The van der Waals surface area contributed by atoms with Crippen LogP contribution in [-0.4, -0.2) is 84.0 Å². The van der Waals surface area contributed by atoms with E-state index in [0.29, 0.717) is 17.1 Å². The van der Waals surface area contributed by atoms with Crippen LogP contribution in [0.25, 0.3) is 0 Å². The van der Waals surface area contributed by atoms with Crippen molar-refractivity contribution in [3.05, 3.63) is 89.0 Å². The fourth-order valence-corrected chi connectivity index (χ4v) is 9.27. The van der Waals surface area contributed by atoms with Crippen LogP contribution in [0, 0.1) is 5.41 Å². The number of hydrogen-bond donors (Lipinski definition) is 1. The van der Waals surface area contributed by atoms with E-state index >= 15 is 0 Å². The lowest BCUT2D eigenvalue weighted by atomic mass is 9.74. The number of hydrogen-bond acceptors (Lipinski definition) is 6. The van der Waals surface area contributed by atoms with Gasteiger partial charge in [0.05, 0.1) is 36.4 Å². The van der Waals surface area contributed by atoms with E-state index in [1.165, 1.54) is 49.3 Å². The van der Waals surface area contributed by atoms with Gasteiger partial charge in [0.25, 0.3) is 8.05 Å². The predicted octanol–water partition coefficient (Wildman–Crippen LogP) is 4.37. The highest BCUT2D eigenvalue weighted by Gasteiger charge is 2.45. The third-order valence-electron chi connectivity index (χ3n) is 9.61. The van der Waals surface area contributed by atoms with Crippen LogP contribution in [0.4, 0.5) is 5.69 Å². The van der Waals surface area contributed by atoms with Crippen LogP contribution in [0.2, 0.25) is 0 Å². The molecular weight excluding hydrogens is 545 g/mol. The second kappa shape index (κ2) is 11.3. The molecular formula is C33H41BN3O4S+. The first-order valence-corrected chi connectivity index (χ1v) is 16.5. The summed E-state index contributed by atoms with van der Waals surface area (Å²) in [4.78, 5) is 2.91. The second-order valence-corrected chi connectivity index (χ2v) is 14.9. The standard InChI is InChI=1S/C33H41BN3O4S/c1-33(2)23-42(38,39)30-13-10-27(35-3)20-29(30)31(32(33)41-34)26-8-11-28(12-9-26)40-22-25-6-4-24(5-7-25)21-37-17-14-36(15-18-37)16-19-37/h4-13,20,31-32,35H,14-19,21-23H2,1-3H3/q+1/t31-,32-/m1/s1. The lowest BCUT2D eigenvalue weighted by molar-refractivity contribution is -0.953. The topological polar surface area (TPSA) is 67.9 Å². The van der Waals surface area contributed by atoms with E-state index < -0.39 is 21.4 Å². The second-order valence-electron chi connectivity index (χ2n) is 13.0. The van der Waals surface area contributed by atoms with Gasteiger partial charge in [-0.05, 0) is 47.0 Å². The monoisotopic (exact) mass is 586 g/mol. The van der Waals surface area contributed by atoms with Crippen LogP contribution >= 0.6 is 0 Å². The van der Waals surface area contributed by atoms with Gasteiger partial charge in [-0.1, -0.05) is 50.2 Å². The van der Waals surface area contributed by atoms with Crippen molar-refractivity contribution in [1.82, 2.24) is 4.90 Å². The largest absolute Gasteiger partial charge is 0.489 e. The zero-order valence-electron chi connectivity index (χ0n) is 24.9. The molecule has 1 N–H and O–H groups in total. The van der Waals surface area contributed by atoms with E-state index in [4.69, 9.17) is 17.4 Å². The Kier molecular flexibility index (Phi) is 7.89. The van der Waals surface area contributed by atoms with Crippen molar-refractivity contribution in [2.45, 2.75) is 43.9 Å². The molecule has 2 bridgehead atoms. The highest BCUT2D eigenvalue weighted by Crippen LogP contribution is 2.46. The molecule has 4 heterocycles. The van der Waals surface area contributed by atoms with Gasteiger partial charge in [-0.15, -0.1) is 0 Å². The van der Waals surface area contributed by atoms with Crippen molar-refractivity contribution in [1.29, 1.82) is 0 Å². The molecule has 4 aliphatic heterocycles. The van der Waals surface area contributed by atoms with E-state index in [0.717, 1.165) is 29.1 Å². The Balaban J connectivity index is 1.19. The van der Waals surface area contributed by atoms with Crippen molar-refractivity contribution in [3.8, 4) is 5.75 Å². The van der Waals surface area contributed by atoms with Gasteiger partial charge in [0, 0.05) is 49.3 Å². The molecule has 3 aromatic carbocycles. The number of sulfone groups is 1. The molecule has 0 aromatic heterocycles. The summed E-state index contributed by atoms with van der Waals surface area (Å²) >= 11 is 0. The third-order valence-corrected chi connectivity index (χ3v) is 11.8. The molecule has 0 spiro atoms. The highest BCUT2D eigenvalue weighted by molar-refractivity contribution is 7.91. The van der Waals surface area contributed by atoms with Gasteiger partial charge in [-0.2, -0.15) is 0 Å². The van der Waals surface area contributed by atoms with Crippen LogP contribution in [0.1, 0.15) is 42.0 Å². The quantitative estimate of drug-likeness (QED) is 0.313. The van der Waals surface area contributed by atoms with Crippen molar-refractivity contribution < 1.29 is 22.3 Å². The summed E-state index contributed by atoms with van der Waals surface area (Å²) in [5, 5.41) is 3.13. The fraction of sp³-hybridized carbons (Fsp3) is 0.455. The smallest absolute Gasteiger partial charge is 0.283 e. The van der Waals surface area contributed by atoms with Gasteiger partial charge in [-0.3, -0.25) is 4.90 Å². The average molecular weight is 587 g/mol. The number of nitrogens with one attached hydrogen (secondary N) is 1. The molecule has 7 rings (SSSR count). The number of fused-ring (bicyclic) bond motifs is 4. The zero-order chi connectivity index (χ0) is 29.5. The summed E-state index contributed by atoms with van der Waals surface area (Å²) in [6.45, 7) is 12.9. The Bertz CT molecular complexity index is 1500. The lowest BCUT2D eigenvalue weighted by Crippen LogP contribution is -2.66. The Labute approximate surface area is 251 Å². The van der Waals surface area contributed by atoms with Crippen molar-refractivity contribution in [3.63, 3.8) is 0 Å². The van der Waals surface area contributed by atoms with Crippen LogP contribution in [0.3, 0.4) is 0 Å². The Hall–Kier alpha value is -2.85. The molecule has 0 unspecified atom stereocenters. The third kappa shape index (κ3) is 5.72. The van der Waals surface area contributed by atoms with Crippen LogP contribution < -0.4 is 10.1 Å². The van der Waals surface area contributed by atoms with Crippen LogP contribution in [0.5, 0.6) is 5.75 Å². The molecule has 220 valence electrons. The van der Waals surface area contributed by atoms with E-state index in [1.54, 1.807) is 12.1 Å². The zero-order valence-corrected chi connectivity index (χ0v) is 25.7. The summed E-state index contributed by atoms with van der Waals surface area (Å²) in [5.74, 6) is 0.326. The van der Waals surface area contributed by atoms with Gasteiger partial charge in [0.1, 0.15) is 18.9 Å². The number of rotatable bonds is 8. The average Bonchev–Trinajstić information content (AvgIpc) is 3.06. The van der Waals surface area contributed by atoms with Gasteiger partial charge < -0.3 is 19.2 Å². The molecule has 2 atom stereocenters. The molecule has 9 heteroatoms.